The summed E-state index contributed by atoms with van der Waals surface area (Å²) < 4.78 is 15.8. The Hall–Kier alpha value is -1.82. The van der Waals surface area contributed by atoms with Crippen LogP contribution in [-0.4, -0.2) is 32.3 Å². The summed E-state index contributed by atoms with van der Waals surface area (Å²) in [6.45, 7) is 0. The molecular formula is C13H12BrNO4. The van der Waals surface area contributed by atoms with Crippen LogP contribution in [-0.2, 0) is 4.74 Å². The zero-order chi connectivity index (χ0) is 14.0. The van der Waals surface area contributed by atoms with Gasteiger partial charge in [0.05, 0.1) is 32.3 Å². The summed E-state index contributed by atoms with van der Waals surface area (Å²) >= 11 is 3.40. The lowest BCUT2D eigenvalue weighted by Gasteiger charge is -2.12. The number of pyridine rings is 1. The highest BCUT2D eigenvalue weighted by molar-refractivity contribution is 9.10. The molecule has 19 heavy (non-hydrogen) atoms. The van der Waals surface area contributed by atoms with Crippen LogP contribution in [0.15, 0.2) is 22.8 Å². The molecule has 0 bridgehead atoms. The second-order valence-electron chi connectivity index (χ2n) is 3.67. The van der Waals surface area contributed by atoms with E-state index in [2.05, 4.69) is 20.9 Å². The van der Waals surface area contributed by atoms with Crippen LogP contribution in [0.3, 0.4) is 0 Å². The van der Waals surface area contributed by atoms with Gasteiger partial charge in [-0.1, -0.05) is 0 Å². The van der Waals surface area contributed by atoms with E-state index in [0.717, 1.165) is 0 Å². The van der Waals surface area contributed by atoms with Crippen molar-refractivity contribution in [3.63, 3.8) is 0 Å². The van der Waals surface area contributed by atoms with E-state index in [-0.39, 0.29) is 0 Å². The molecule has 5 nitrogen and oxygen atoms in total. The molecular weight excluding hydrogens is 314 g/mol. The Morgan fingerprint density at radius 1 is 1.16 bits per heavy atom. The highest BCUT2D eigenvalue weighted by Gasteiger charge is 2.19. The molecule has 0 aliphatic rings. The van der Waals surface area contributed by atoms with Gasteiger partial charge in [-0.2, -0.15) is 0 Å². The number of carbonyl (C=O) groups is 1. The number of esters is 1. The van der Waals surface area contributed by atoms with Gasteiger partial charge in [0.25, 0.3) is 0 Å². The number of ether oxygens (including phenoxy) is 3. The van der Waals surface area contributed by atoms with Crippen LogP contribution in [0, 0.1) is 0 Å². The fourth-order valence-electron chi connectivity index (χ4n) is 1.80. The topological polar surface area (TPSA) is 57.7 Å². The minimum Gasteiger partial charge on any atom is -0.496 e. The summed E-state index contributed by atoms with van der Waals surface area (Å²) in [5.41, 5.74) is 0.947. The fourth-order valence-corrected chi connectivity index (χ4v) is 2.45. The molecule has 0 amide bonds. The maximum atomic E-state index is 11.7. The van der Waals surface area contributed by atoms with Crippen molar-refractivity contribution in [2.75, 3.05) is 21.3 Å². The Morgan fingerprint density at radius 2 is 1.79 bits per heavy atom. The summed E-state index contributed by atoms with van der Waals surface area (Å²) in [6, 6.07) is 3.52. The van der Waals surface area contributed by atoms with Crippen LogP contribution in [0.1, 0.15) is 10.4 Å². The van der Waals surface area contributed by atoms with Gasteiger partial charge in [-0.25, -0.2) is 4.79 Å². The van der Waals surface area contributed by atoms with Crippen molar-refractivity contribution in [1.82, 2.24) is 4.98 Å². The van der Waals surface area contributed by atoms with Crippen molar-refractivity contribution in [2.24, 2.45) is 0 Å². The van der Waals surface area contributed by atoms with Gasteiger partial charge in [0.1, 0.15) is 17.0 Å². The summed E-state index contributed by atoms with van der Waals surface area (Å²) in [7, 11) is 4.44. The van der Waals surface area contributed by atoms with E-state index < -0.39 is 5.97 Å². The summed E-state index contributed by atoms with van der Waals surface area (Å²) in [5.74, 6) is 0.736. The predicted molar refractivity (Wildman–Crippen MR) is 73.9 cm³/mol. The molecule has 1 aromatic heterocycles. The lowest BCUT2D eigenvalue weighted by molar-refractivity contribution is 0.0599. The number of methoxy groups -OCH3 is 3. The molecule has 1 heterocycles. The third-order valence-corrected chi connectivity index (χ3v) is 3.55. The zero-order valence-electron chi connectivity index (χ0n) is 10.7. The summed E-state index contributed by atoms with van der Waals surface area (Å²) in [5, 5.41) is 0.671. The second kappa shape index (κ2) is 5.44. The Bertz CT molecular complexity index is 642. The van der Waals surface area contributed by atoms with Crippen molar-refractivity contribution in [3.05, 3.63) is 28.4 Å². The van der Waals surface area contributed by atoms with E-state index in [9.17, 15) is 4.79 Å². The molecule has 2 aromatic rings. The monoisotopic (exact) mass is 325 g/mol. The summed E-state index contributed by atoms with van der Waals surface area (Å²) in [4.78, 5) is 15.9. The van der Waals surface area contributed by atoms with E-state index in [1.54, 1.807) is 26.4 Å². The van der Waals surface area contributed by atoms with Gasteiger partial charge < -0.3 is 14.2 Å². The molecule has 1 aromatic carbocycles. The molecule has 0 N–H and O–H groups in total. The molecule has 0 atom stereocenters. The smallest absolute Gasteiger partial charge is 0.340 e. The molecule has 0 spiro atoms. The third kappa shape index (κ3) is 2.23. The van der Waals surface area contributed by atoms with E-state index in [0.29, 0.717) is 32.4 Å². The molecule has 0 fully saturated rings. The number of rotatable bonds is 3. The Morgan fingerprint density at radius 3 is 2.37 bits per heavy atom. The molecule has 0 aliphatic heterocycles. The van der Waals surface area contributed by atoms with Crippen LogP contribution >= 0.6 is 15.9 Å². The van der Waals surface area contributed by atoms with E-state index in [1.165, 1.54) is 13.3 Å². The maximum Gasteiger partial charge on any atom is 0.340 e. The molecule has 0 unspecified atom stereocenters. The van der Waals surface area contributed by atoms with Gasteiger partial charge in [0.15, 0.2) is 0 Å². The quantitative estimate of drug-likeness (QED) is 0.812. The molecule has 0 aliphatic carbocycles. The Balaban J connectivity index is 2.83. The highest BCUT2D eigenvalue weighted by atomic mass is 79.9. The number of aromatic nitrogens is 1. The van der Waals surface area contributed by atoms with Crippen molar-refractivity contribution in [3.8, 4) is 11.5 Å². The fraction of sp³-hybridized carbons (Fsp3) is 0.231. The SMILES string of the molecule is COC(=O)c1cnc2c(OC)ccc(OC)c2c1Br. The maximum absolute atomic E-state index is 11.7. The lowest BCUT2D eigenvalue weighted by atomic mass is 10.1. The molecule has 6 heteroatoms. The number of hydrogen-bond acceptors (Lipinski definition) is 5. The van der Waals surface area contributed by atoms with Crippen LogP contribution in [0.4, 0.5) is 0 Å². The first-order chi connectivity index (χ1) is 9.13. The molecule has 0 saturated carbocycles. The highest BCUT2D eigenvalue weighted by Crippen LogP contribution is 2.38. The number of carbonyl (C=O) groups excluding carboxylic acids is 1. The first-order valence-corrected chi connectivity index (χ1v) is 6.20. The van der Waals surface area contributed by atoms with Crippen molar-refractivity contribution < 1.29 is 19.0 Å². The second-order valence-corrected chi connectivity index (χ2v) is 4.46. The van der Waals surface area contributed by atoms with Crippen LogP contribution in [0.25, 0.3) is 10.9 Å². The minimum absolute atomic E-state index is 0.335. The molecule has 0 saturated heterocycles. The van der Waals surface area contributed by atoms with Crippen LogP contribution in [0.2, 0.25) is 0 Å². The zero-order valence-corrected chi connectivity index (χ0v) is 12.3. The average Bonchev–Trinajstić information content (AvgIpc) is 2.45. The number of fused-ring (bicyclic) bond motifs is 1. The van der Waals surface area contributed by atoms with E-state index in [4.69, 9.17) is 14.2 Å². The van der Waals surface area contributed by atoms with Gasteiger partial charge in [-0.05, 0) is 28.1 Å². The number of halogens is 1. The Kier molecular flexibility index (Phi) is 3.90. The molecule has 100 valence electrons. The standard InChI is InChI=1S/C13H12BrNO4/c1-17-8-4-5-9(18-2)12-10(8)11(14)7(6-15-12)13(16)19-3/h4-6H,1-3H3. The van der Waals surface area contributed by atoms with Crippen molar-refractivity contribution >= 4 is 32.8 Å². The molecule has 0 radical (unpaired) electrons. The van der Waals surface area contributed by atoms with Crippen LogP contribution in [0.5, 0.6) is 11.5 Å². The van der Waals surface area contributed by atoms with Gasteiger partial charge >= 0.3 is 5.97 Å². The van der Waals surface area contributed by atoms with E-state index in [1.807, 2.05) is 0 Å². The Labute approximate surface area is 118 Å². The van der Waals surface area contributed by atoms with Gasteiger partial charge in [0.2, 0.25) is 0 Å². The first kappa shape index (κ1) is 13.6. The largest absolute Gasteiger partial charge is 0.496 e. The summed E-state index contributed by atoms with van der Waals surface area (Å²) in [6.07, 6.45) is 1.44. The van der Waals surface area contributed by atoms with Gasteiger partial charge in [0, 0.05) is 10.7 Å². The lowest BCUT2D eigenvalue weighted by Crippen LogP contribution is -2.04. The third-order valence-electron chi connectivity index (χ3n) is 2.73. The van der Waals surface area contributed by atoms with E-state index >= 15 is 0 Å². The van der Waals surface area contributed by atoms with Crippen molar-refractivity contribution in [1.29, 1.82) is 0 Å². The minimum atomic E-state index is -0.467. The first-order valence-electron chi connectivity index (χ1n) is 5.41. The normalized spacial score (nSPS) is 10.3. The van der Waals surface area contributed by atoms with Crippen LogP contribution < -0.4 is 9.47 Å². The van der Waals surface area contributed by atoms with Gasteiger partial charge in [-0.15, -0.1) is 0 Å². The van der Waals surface area contributed by atoms with Crippen molar-refractivity contribution in [2.45, 2.75) is 0 Å². The average molecular weight is 326 g/mol. The number of benzene rings is 1. The molecule has 2 rings (SSSR count). The number of hydrogen-bond donors (Lipinski definition) is 0. The predicted octanol–water partition coefficient (Wildman–Crippen LogP) is 2.80. The van der Waals surface area contributed by atoms with Gasteiger partial charge in [-0.3, -0.25) is 4.98 Å². The number of nitrogens with zero attached hydrogens (tertiary/aromatic N) is 1.